The van der Waals surface area contributed by atoms with Crippen LogP contribution in [0.1, 0.15) is 6.92 Å². The van der Waals surface area contributed by atoms with E-state index in [1.807, 2.05) is 0 Å². The Morgan fingerprint density at radius 3 is 2.25 bits per heavy atom. The first-order chi connectivity index (χ1) is 7.42. The van der Waals surface area contributed by atoms with Crippen LogP contribution in [0.25, 0.3) is 0 Å². The molecule has 0 amide bonds. The minimum absolute atomic E-state index is 0.242. The van der Waals surface area contributed by atoms with Crippen LogP contribution in [-0.2, 0) is 4.74 Å². The molecular formula is C10H20O6. The molecule has 6 nitrogen and oxygen atoms in total. The third-order valence-corrected chi connectivity index (χ3v) is 2.25. The summed E-state index contributed by atoms with van der Waals surface area (Å²) in [5, 5.41) is 46.9. The van der Waals surface area contributed by atoms with Crippen LogP contribution in [0.5, 0.6) is 0 Å². The highest BCUT2D eigenvalue weighted by atomic mass is 16.5. The second kappa shape index (κ2) is 6.95. The van der Waals surface area contributed by atoms with E-state index in [2.05, 4.69) is 0 Å². The molecular weight excluding hydrogens is 216 g/mol. The lowest BCUT2D eigenvalue weighted by Crippen LogP contribution is -2.55. The van der Waals surface area contributed by atoms with Crippen LogP contribution in [0.3, 0.4) is 0 Å². The van der Waals surface area contributed by atoms with E-state index >= 15 is 0 Å². The number of hydrogen-bond donors (Lipinski definition) is 5. The molecule has 0 radical (unpaired) electrons. The fraction of sp³-hybridized carbons (Fsp3) is 0.800. The molecule has 0 aliphatic carbocycles. The SMILES string of the molecule is CC=C[C@](O)(COC)[C@@H](O)[C@H](O)[C@H](O)CO. The van der Waals surface area contributed by atoms with Crippen LogP contribution < -0.4 is 0 Å². The Balaban J connectivity index is 4.79. The number of rotatable bonds is 7. The third kappa shape index (κ3) is 3.82. The normalized spacial score (nSPS) is 21.7. The number of hydrogen-bond acceptors (Lipinski definition) is 6. The Kier molecular flexibility index (Phi) is 6.73. The Labute approximate surface area is 94.4 Å². The molecule has 16 heavy (non-hydrogen) atoms. The van der Waals surface area contributed by atoms with Gasteiger partial charge in [-0.2, -0.15) is 0 Å². The van der Waals surface area contributed by atoms with Crippen molar-refractivity contribution >= 4 is 0 Å². The highest BCUT2D eigenvalue weighted by molar-refractivity contribution is 5.07. The summed E-state index contributed by atoms with van der Waals surface area (Å²) in [5.41, 5.74) is -1.81. The van der Waals surface area contributed by atoms with Gasteiger partial charge in [-0.15, -0.1) is 0 Å². The first kappa shape index (κ1) is 15.5. The van der Waals surface area contributed by atoms with Gasteiger partial charge in [-0.3, -0.25) is 0 Å². The molecule has 6 heteroatoms. The molecule has 4 atom stereocenters. The molecule has 0 rings (SSSR count). The maximum absolute atomic E-state index is 9.98. The van der Waals surface area contributed by atoms with Gasteiger partial charge in [0.05, 0.1) is 13.2 Å². The van der Waals surface area contributed by atoms with Gasteiger partial charge < -0.3 is 30.3 Å². The molecule has 0 aromatic heterocycles. The predicted octanol–water partition coefficient (Wildman–Crippen LogP) is -1.98. The predicted molar refractivity (Wildman–Crippen MR) is 56.7 cm³/mol. The van der Waals surface area contributed by atoms with E-state index < -0.39 is 30.5 Å². The first-order valence-electron chi connectivity index (χ1n) is 4.93. The highest BCUT2D eigenvalue weighted by Gasteiger charge is 2.40. The minimum Gasteiger partial charge on any atom is -0.394 e. The molecule has 96 valence electrons. The largest absolute Gasteiger partial charge is 0.394 e. The van der Waals surface area contributed by atoms with E-state index in [1.165, 1.54) is 19.3 Å². The highest BCUT2D eigenvalue weighted by Crippen LogP contribution is 2.18. The van der Waals surface area contributed by atoms with Gasteiger partial charge in [0.15, 0.2) is 0 Å². The molecule has 0 fully saturated rings. The van der Waals surface area contributed by atoms with Crippen molar-refractivity contribution in [2.24, 2.45) is 0 Å². The summed E-state index contributed by atoms with van der Waals surface area (Å²) in [6.07, 6.45) is -2.11. The Morgan fingerprint density at radius 1 is 1.31 bits per heavy atom. The molecule has 5 N–H and O–H groups in total. The van der Waals surface area contributed by atoms with Crippen molar-refractivity contribution in [3.8, 4) is 0 Å². The molecule has 0 unspecified atom stereocenters. The van der Waals surface area contributed by atoms with Gasteiger partial charge in [0, 0.05) is 7.11 Å². The second-order valence-electron chi connectivity index (χ2n) is 3.61. The quantitative estimate of drug-likeness (QED) is 0.327. The summed E-state index contributed by atoms with van der Waals surface area (Å²) in [6, 6.07) is 0. The topological polar surface area (TPSA) is 110 Å². The smallest absolute Gasteiger partial charge is 0.134 e. The monoisotopic (exact) mass is 236 g/mol. The lowest BCUT2D eigenvalue weighted by atomic mass is 9.90. The minimum atomic E-state index is -1.81. The van der Waals surface area contributed by atoms with E-state index in [9.17, 15) is 15.3 Å². The molecule has 0 aromatic carbocycles. The Hall–Kier alpha value is -0.500. The van der Waals surface area contributed by atoms with Crippen LogP contribution in [0.15, 0.2) is 12.2 Å². The molecule has 0 aromatic rings. The summed E-state index contributed by atoms with van der Waals surface area (Å²) < 4.78 is 4.73. The van der Waals surface area contributed by atoms with Crippen LogP contribution in [-0.4, -0.2) is 69.8 Å². The third-order valence-electron chi connectivity index (χ3n) is 2.25. The molecule has 0 aliphatic heterocycles. The van der Waals surface area contributed by atoms with Crippen molar-refractivity contribution in [1.82, 2.24) is 0 Å². The molecule has 0 saturated carbocycles. The van der Waals surface area contributed by atoms with E-state index in [0.29, 0.717) is 0 Å². The van der Waals surface area contributed by atoms with E-state index in [-0.39, 0.29) is 6.61 Å². The van der Waals surface area contributed by atoms with Crippen molar-refractivity contribution in [2.75, 3.05) is 20.3 Å². The molecule has 0 bridgehead atoms. The van der Waals surface area contributed by atoms with Gasteiger partial charge in [-0.1, -0.05) is 12.2 Å². The van der Waals surface area contributed by atoms with Crippen LogP contribution in [0.4, 0.5) is 0 Å². The average Bonchev–Trinajstić information content (AvgIpc) is 2.26. The average molecular weight is 236 g/mol. The van der Waals surface area contributed by atoms with E-state index in [1.54, 1.807) is 6.92 Å². The molecule has 0 heterocycles. The van der Waals surface area contributed by atoms with Crippen LogP contribution >= 0.6 is 0 Å². The van der Waals surface area contributed by atoms with Crippen LogP contribution in [0.2, 0.25) is 0 Å². The van der Waals surface area contributed by atoms with Crippen LogP contribution in [0, 0.1) is 0 Å². The zero-order valence-electron chi connectivity index (χ0n) is 9.45. The molecule has 0 saturated heterocycles. The van der Waals surface area contributed by atoms with Gasteiger partial charge in [0.2, 0.25) is 0 Å². The Morgan fingerprint density at radius 2 is 1.88 bits per heavy atom. The molecule has 0 spiro atoms. The zero-order chi connectivity index (χ0) is 12.8. The van der Waals surface area contributed by atoms with Crippen molar-refractivity contribution in [1.29, 1.82) is 0 Å². The summed E-state index contributed by atoms with van der Waals surface area (Å²) in [7, 11) is 1.33. The maximum atomic E-state index is 9.98. The number of methoxy groups -OCH3 is 1. The number of allylic oxidation sites excluding steroid dienone is 1. The van der Waals surface area contributed by atoms with Crippen molar-refractivity contribution in [3.63, 3.8) is 0 Å². The molecule has 0 aliphatic rings. The lowest BCUT2D eigenvalue weighted by molar-refractivity contribution is -0.156. The summed E-state index contributed by atoms with van der Waals surface area (Å²) in [5.74, 6) is 0. The second-order valence-corrected chi connectivity index (χ2v) is 3.61. The van der Waals surface area contributed by atoms with Gasteiger partial charge in [-0.25, -0.2) is 0 Å². The van der Waals surface area contributed by atoms with E-state index in [4.69, 9.17) is 14.9 Å². The first-order valence-corrected chi connectivity index (χ1v) is 4.93. The summed E-state index contributed by atoms with van der Waals surface area (Å²) >= 11 is 0. The van der Waals surface area contributed by atoms with E-state index in [0.717, 1.165) is 0 Å². The fourth-order valence-corrected chi connectivity index (χ4v) is 1.37. The standard InChI is InChI=1S/C10H20O6/c1-3-4-10(15,6-16-2)9(14)8(13)7(12)5-11/h3-4,7-9,11-15H,5-6H2,1-2H3/t7-,8-,9+,10+/m1/s1. The maximum Gasteiger partial charge on any atom is 0.134 e. The van der Waals surface area contributed by atoms with Gasteiger partial charge in [0.1, 0.15) is 23.9 Å². The number of aliphatic hydroxyl groups excluding tert-OH is 4. The van der Waals surface area contributed by atoms with Gasteiger partial charge >= 0.3 is 0 Å². The summed E-state index contributed by atoms with van der Waals surface area (Å²) in [6.45, 7) is 0.674. The van der Waals surface area contributed by atoms with Crippen molar-refractivity contribution in [3.05, 3.63) is 12.2 Å². The van der Waals surface area contributed by atoms with Gasteiger partial charge in [-0.05, 0) is 6.92 Å². The Bertz CT molecular complexity index is 219. The number of ether oxygens (including phenoxy) is 1. The number of aliphatic hydroxyl groups is 5. The zero-order valence-corrected chi connectivity index (χ0v) is 9.45. The van der Waals surface area contributed by atoms with Crippen molar-refractivity contribution < 1.29 is 30.3 Å². The fourth-order valence-electron chi connectivity index (χ4n) is 1.37. The van der Waals surface area contributed by atoms with Crippen molar-refractivity contribution in [2.45, 2.75) is 30.8 Å². The summed E-state index contributed by atoms with van der Waals surface area (Å²) in [4.78, 5) is 0. The van der Waals surface area contributed by atoms with Gasteiger partial charge in [0.25, 0.3) is 0 Å². The lowest BCUT2D eigenvalue weighted by Gasteiger charge is -2.33.